The Hall–Kier alpha value is -1.88. The molecule has 0 bridgehead atoms. The number of alkyl halides is 2. The zero-order valence-corrected chi connectivity index (χ0v) is 9.65. The molecular weight excluding hydrogens is 276 g/mol. The van der Waals surface area contributed by atoms with Crippen LogP contribution in [-0.4, -0.2) is 25.4 Å². The average molecular weight is 283 g/mol. The molecule has 11 heteroatoms. The average Bonchev–Trinajstić information content (AvgIpc) is 2.25. The predicted octanol–water partition coefficient (Wildman–Crippen LogP) is 0.583. The molecule has 0 aliphatic rings. The highest BCUT2D eigenvalue weighted by molar-refractivity contribution is 7.89. The van der Waals surface area contributed by atoms with Crippen molar-refractivity contribution in [2.75, 3.05) is 7.11 Å². The normalized spacial score (nSPS) is 11.6. The van der Waals surface area contributed by atoms with Crippen LogP contribution < -0.4 is 9.88 Å². The molecular formula is C7H7F2N3O5S. The highest BCUT2D eigenvalue weighted by Crippen LogP contribution is 2.38. The number of nitrogens with two attached hydrogens (primary N) is 1. The number of hydrogen-bond acceptors (Lipinski definition) is 6. The number of methoxy groups -OCH3 is 1. The van der Waals surface area contributed by atoms with Gasteiger partial charge < -0.3 is 4.74 Å². The molecule has 18 heavy (non-hydrogen) atoms. The number of pyridine rings is 1. The first-order valence-corrected chi connectivity index (χ1v) is 5.77. The molecule has 8 nitrogen and oxygen atoms in total. The molecule has 0 aliphatic carbocycles. The van der Waals surface area contributed by atoms with Crippen LogP contribution in [0.4, 0.5) is 14.5 Å². The van der Waals surface area contributed by atoms with Crippen LogP contribution in [0.1, 0.15) is 12.1 Å². The zero-order valence-electron chi connectivity index (χ0n) is 8.83. The standard InChI is InChI=1S/C7H7F2N3O5S/c1-17-6-3(18(10,15)16)2-11-4(7(8)9)5(6)12(13)14/h2,7H,1H3,(H2,10,15,16). The summed E-state index contributed by atoms with van der Waals surface area (Å²) in [6.45, 7) is 0. The zero-order chi connectivity index (χ0) is 14.1. The number of primary sulfonamides is 1. The smallest absolute Gasteiger partial charge is 0.339 e. The third kappa shape index (κ3) is 2.51. The van der Waals surface area contributed by atoms with Crippen LogP contribution in [0.3, 0.4) is 0 Å². The van der Waals surface area contributed by atoms with Crippen molar-refractivity contribution in [2.24, 2.45) is 5.14 Å². The minimum absolute atomic E-state index is 0.489. The maximum atomic E-state index is 12.5. The van der Waals surface area contributed by atoms with Crippen molar-refractivity contribution < 1.29 is 26.9 Å². The summed E-state index contributed by atoms with van der Waals surface area (Å²) in [5, 5.41) is 15.5. The van der Waals surface area contributed by atoms with E-state index >= 15 is 0 Å². The molecule has 1 heterocycles. The van der Waals surface area contributed by atoms with Crippen molar-refractivity contribution >= 4 is 15.7 Å². The highest BCUT2D eigenvalue weighted by Gasteiger charge is 2.33. The van der Waals surface area contributed by atoms with E-state index in [1.807, 2.05) is 0 Å². The minimum Gasteiger partial charge on any atom is -0.489 e. The summed E-state index contributed by atoms with van der Waals surface area (Å²) in [6.07, 6.45) is -2.77. The molecule has 0 atom stereocenters. The number of hydrogen-bond donors (Lipinski definition) is 1. The number of aromatic nitrogens is 1. The van der Waals surface area contributed by atoms with Crippen molar-refractivity contribution in [1.82, 2.24) is 4.98 Å². The maximum Gasteiger partial charge on any atom is 0.339 e. The fourth-order valence-electron chi connectivity index (χ4n) is 1.22. The van der Waals surface area contributed by atoms with E-state index in [2.05, 4.69) is 9.72 Å². The van der Waals surface area contributed by atoms with Crippen LogP contribution in [0.5, 0.6) is 5.75 Å². The highest BCUT2D eigenvalue weighted by atomic mass is 32.2. The quantitative estimate of drug-likeness (QED) is 0.636. The lowest BCUT2D eigenvalue weighted by Gasteiger charge is -2.09. The Balaban J connectivity index is 3.75. The summed E-state index contributed by atoms with van der Waals surface area (Å²) in [4.78, 5) is 11.7. The second kappa shape index (κ2) is 4.78. The van der Waals surface area contributed by atoms with Crippen molar-refractivity contribution in [3.05, 3.63) is 22.0 Å². The molecule has 100 valence electrons. The first-order chi connectivity index (χ1) is 8.20. The van der Waals surface area contributed by atoms with Gasteiger partial charge in [0.25, 0.3) is 6.43 Å². The Morgan fingerprint density at radius 2 is 2.11 bits per heavy atom. The monoisotopic (exact) mass is 283 g/mol. The van der Waals surface area contributed by atoms with E-state index in [1.54, 1.807) is 0 Å². The number of ether oxygens (including phenoxy) is 1. The summed E-state index contributed by atoms with van der Waals surface area (Å²) in [7, 11) is -3.49. The lowest BCUT2D eigenvalue weighted by atomic mass is 10.3. The van der Waals surface area contributed by atoms with E-state index in [0.717, 1.165) is 7.11 Å². The van der Waals surface area contributed by atoms with Gasteiger partial charge in [0.1, 0.15) is 4.90 Å². The van der Waals surface area contributed by atoms with Crippen molar-refractivity contribution in [1.29, 1.82) is 0 Å². The van der Waals surface area contributed by atoms with E-state index in [4.69, 9.17) is 5.14 Å². The molecule has 1 aromatic rings. The van der Waals surface area contributed by atoms with E-state index in [0.29, 0.717) is 6.20 Å². The number of halogens is 2. The molecule has 0 fully saturated rings. The van der Waals surface area contributed by atoms with Crippen LogP contribution in [-0.2, 0) is 10.0 Å². The second-order valence-electron chi connectivity index (χ2n) is 2.99. The maximum absolute atomic E-state index is 12.5. The molecule has 0 unspecified atom stereocenters. The molecule has 1 rings (SSSR count). The van der Waals surface area contributed by atoms with Crippen LogP contribution in [0.25, 0.3) is 0 Å². The van der Waals surface area contributed by atoms with Gasteiger partial charge in [0, 0.05) is 0 Å². The van der Waals surface area contributed by atoms with Gasteiger partial charge in [-0.15, -0.1) is 0 Å². The first kappa shape index (κ1) is 14.2. The van der Waals surface area contributed by atoms with Gasteiger partial charge in [0.2, 0.25) is 15.8 Å². The SMILES string of the molecule is COc1c(S(N)(=O)=O)cnc(C(F)F)c1[N+](=O)[O-]. The van der Waals surface area contributed by atoms with Crippen molar-refractivity contribution in [3.8, 4) is 5.75 Å². The molecule has 0 saturated heterocycles. The third-order valence-corrected chi connectivity index (χ3v) is 2.81. The van der Waals surface area contributed by atoms with Crippen LogP contribution in [0.15, 0.2) is 11.1 Å². The van der Waals surface area contributed by atoms with E-state index in [9.17, 15) is 27.3 Å². The fourth-order valence-corrected chi connectivity index (χ4v) is 1.86. The Labute approximate surface area is 99.6 Å². The van der Waals surface area contributed by atoms with Gasteiger partial charge in [0.15, 0.2) is 5.69 Å². The lowest BCUT2D eigenvalue weighted by Crippen LogP contribution is -2.16. The van der Waals surface area contributed by atoms with E-state index in [-0.39, 0.29) is 0 Å². The molecule has 0 aromatic carbocycles. The van der Waals surface area contributed by atoms with Gasteiger partial charge in [-0.3, -0.25) is 10.1 Å². The van der Waals surface area contributed by atoms with Gasteiger partial charge in [-0.25, -0.2) is 27.3 Å². The van der Waals surface area contributed by atoms with Crippen LogP contribution in [0.2, 0.25) is 0 Å². The first-order valence-electron chi connectivity index (χ1n) is 4.22. The molecule has 0 radical (unpaired) electrons. The summed E-state index contributed by atoms with van der Waals surface area (Å²) in [5.74, 6) is -0.868. The van der Waals surface area contributed by atoms with Gasteiger partial charge >= 0.3 is 5.69 Å². The van der Waals surface area contributed by atoms with Crippen LogP contribution >= 0.6 is 0 Å². The molecule has 0 aliphatic heterocycles. The fraction of sp³-hybridized carbons (Fsp3) is 0.286. The lowest BCUT2D eigenvalue weighted by molar-refractivity contribution is -0.387. The second-order valence-corrected chi connectivity index (χ2v) is 4.52. The Morgan fingerprint density at radius 3 is 2.44 bits per heavy atom. The van der Waals surface area contributed by atoms with E-state index < -0.39 is 43.4 Å². The van der Waals surface area contributed by atoms with Crippen molar-refractivity contribution in [2.45, 2.75) is 11.3 Å². The number of rotatable bonds is 4. The van der Waals surface area contributed by atoms with Gasteiger partial charge in [-0.1, -0.05) is 0 Å². The van der Waals surface area contributed by atoms with Gasteiger partial charge in [-0.2, -0.15) is 0 Å². The molecule has 0 spiro atoms. The Kier molecular flexibility index (Phi) is 3.76. The van der Waals surface area contributed by atoms with Gasteiger partial charge in [-0.05, 0) is 0 Å². The molecule has 0 amide bonds. The predicted molar refractivity (Wildman–Crippen MR) is 53.8 cm³/mol. The molecule has 1 aromatic heterocycles. The summed E-state index contributed by atoms with van der Waals surface area (Å²) >= 11 is 0. The Morgan fingerprint density at radius 1 is 1.56 bits per heavy atom. The largest absolute Gasteiger partial charge is 0.489 e. The minimum atomic E-state index is -4.38. The molecule has 0 saturated carbocycles. The number of sulfonamides is 1. The van der Waals surface area contributed by atoms with Crippen LogP contribution in [0, 0.1) is 10.1 Å². The molecule has 2 N–H and O–H groups in total. The summed E-state index contributed by atoms with van der Waals surface area (Å²) in [6, 6.07) is 0. The summed E-state index contributed by atoms with van der Waals surface area (Å²) in [5.41, 5.74) is -2.41. The number of nitro groups is 1. The van der Waals surface area contributed by atoms with E-state index in [1.165, 1.54) is 0 Å². The van der Waals surface area contributed by atoms with Gasteiger partial charge in [0.05, 0.1) is 18.2 Å². The Bertz CT molecular complexity index is 589. The third-order valence-electron chi connectivity index (χ3n) is 1.90. The summed E-state index contributed by atoms with van der Waals surface area (Å²) < 4.78 is 51.8. The number of nitrogens with zero attached hydrogens (tertiary/aromatic N) is 2. The topological polar surface area (TPSA) is 125 Å². The van der Waals surface area contributed by atoms with Crippen molar-refractivity contribution in [3.63, 3.8) is 0 Å².